The van der Waals surface area contributed by atoms with Crippen LogP contribution in [-0.4, -0.2) is 31.7 Å². The molecule has 0 spiro atoms. The number of rotatable bonds is 8. The summed E-state index contributed by atoms with van der Waals surface area (Å²) in [6, 6.07) is 6.98. The Labute approximate surface area is 149 Å². The highest BCUT2D eigenvalue weighted by Crippen LogP contribution is 2.19. The van der Waals surface area contributed by atoms with Crippen molar-refractivity contribution in [3.8, 4) is 0 Å². The maximum Gasteiger partial charge on any atom is 0.305 e. The van der Waals surface area contributed by atoms with Gasteiger partial charge < -0.3 is 14.8 Å². The van der Waals surface area contributed by atoms with Crippen molar-refractivity contribution in [1.82, 2.24) is 10.0 Å². The van der Waals surface area contributed by atoms with Gasteiger partial charge in [0.05, 0.1) is 25.3 Å². The van der Waals surface area contributed by atoms with Gasteiger partial charge in [0, 0.05) is 0 Å². The second kappa shape index (κ2) is 8.11. The van der Waals surface area contributed by atoms with E-state index in [1.807, 2.05) is 0 Å². The van der Waals surface area contributed by atoms with Crippen molar-refractivity contribution < 1.29 is 31.9 Å². The molecule has 0 aliphatic heterocycles. The highest BCUT2D eigenvalue weighted by Gasteiger charge is 2.21. The molecular formula is C16H17FN2O6S. The molecule has 140 valence electrons. The molecule has 1 aromatic heterocycles. The van der Waals surface area contributed by atoms with Gasteiger partial charge in [0.1, 0.15) is 11.6 Å². The number of hydrogen-bond donors (Lipinski definition) is 3. The van der Waals surface area contributed by atoms with Crippen molar-refractivity contribution in [2.75, 3.05) is 6.26 Å². The van der Waals surface area contributed by atoms with Gasteiger partial charge in [-0.3, -0.25) is 9.59 Å². The third-order valence-electron chi connectivity index (χ3n) is 3.35. The summed E-state index contributed by atoms with van der Waals surface area (Å²) in [7, 11) is -3.41. The third kappa shape index (κ3) is 5.97. The highest BCUT2D eigenvalue weighted by molar-refractivity contribution is 7.88. The number of carbonyl (C=O) groups is 2. The van der Waals surface area contributed by atoms with Crippen molar-refractivity contribution in [1.29, 1.82) is 0 Å². The minimum Gasteiger partial charge on any atom is -0.481 e. The van der Waals surface area contributed by atoms with Gasteiger partial charge in [0.2, 0.25) is 10.0 Å². The Bertz CT molecular complexity index is 892. The largest absolute Gasteiger partial charge is 0.481 e. The molecule has 26 heavy (non-hydrogen) atoms. The number of benzene rings is 1. The summed E-state index contributed by atoms with van der Waals surface area (Å²) >= 11 is 0. The fourth-order valence-corrected chi connectivity index (χ4v) is 2.55. The Hall–Kier alpha value is -2.72. The Balaban J connectivity index is 2.10. The van der Waals surface area contributed by atoms with E-state index < -0.39 is 40.2 Å². The monoisotopic (exact) mass is 384 g/mol. The Morgan fingerprint density at radius 1 is 1.19 bits per heavy atom. The normalized spacial score (nSPS) is 12.5. The fraction of sp³-hybridized carbons (Fsp3) is 0.250. The molecule has 1 heterocycles. The van der Waals surface area contributed by atoms with Crippen LogP contribution in [0.15, 0.2) is 40.8 Å². The summed E-state index contributed by atoms with van der Waals surface area (Å²) in [6.45, 7) is -0.122. The van der Waals surface area contributed by atoms with E-state index in [0.29, 0.717) is 5.56 Å². The molecule has 8 nitrogen and oxygen atoms in total. The molecule has 1 amide bonds. The first-order valence-corrected chi connectivity index (χ1v) is 9.34. The predicted octanol–water partition coefficient (Wildman–Crippen LogP) is 1.41. The maximum absolute atomic E-state index is 13.0. The van der Waals surface area contributed by atoms with Crippen LogP contribution >= 0.6 is 0 Å². The molecule has 1 atom stereocenters. The van der Waals surface area contributed by atoms with E-state index in [0.717, 1.165) is 18.4 Å². The van der Waals surface area contributed by atoms with Gasteiger partial charge in [-0.25, -0.2) is 17.5 Å². The van der Waals surface area contributed by atoms with Crippen LogP contribution in [0.3, 0.4) is 0 Å². The van der Waals surface area contributed by atoms with E-state index in [9.17, 15) is 22.4 Å². The van der Waals surface area contributed by atoms with Crippen LogP contribution in [-0.2, 0) is 21.4 Å². The Morgan fingerprint density at radius 2 is 1.85 bits per heavy atom. The summed E-state index contributed by atoms with van der Waals surface area (Å²) in [5.41, 5.74) is 0.424. The van der Waals surface area contributed by atoms with E-state index in [2.05, 4.69) is 10.0 Å². The van der Waals surface area contributed by atoms with Gasteiger partial charge in [-0.1, -0.05) is 12.1 Å². The van der Waals surface area contributed by atoms with Gasteiger partial charge in [0.25, 0.3) is 5.91 Å². The van der Waals surface area contributed by atoms with Gasteiger partial charge in [0.15, 0.2) is 5.76 Å². The quantitative estimate of drug-likeness (QED) is 0.632. The summed E-state index contributed by atoms with van der Waals surface area (Å²) in [6.07, 6.45) is 0.587. The topological polar surface area (TPSA) is 126 Å². The first-order chi connectivity index (χ1) is 12.1. The lowest BCUT2D eigenvalue weighted by Crippen LogP contribution is -2.30. The van der Waals surface area contributed by atoms with Crippen LogP contribution in [0.5, 0.6) is 0 Å². The number of amides is 1. The molecule has 1 unspecified atom stereocenters. The molecule has 1 aromatic carbocycles. The first-order valence-electron chi connectivity index (χ1n) is 7.45. The molecular weight excluding hydrogens is 367 g/mol. The lowest BCUT2D eigenvalue weighted by molar-refractivity contribution is -0.137. The average molecular weight is 384 g/mol. The molecule has 0 bridgehead atoms. The molecule has 10 heteroatoms. The maximum atomic E-state index is 13.0. The Kier molecular flexibility index (Phi) is 6.11. The van der Waals surface area contributed by atoms with Gasteiger partial charge in [-0.15, -0.1) is 0 Å². The zero-order valence-electron chi connectivity index (χ0n) is 13.7. The summed E-state index contributed by atoms with van der Waals surface area (Å²) < 4.78 is 42.6. The van der Waals surface area contributed by atoms with Crippen molar-refractivity contribution >= 4 is 21.9 Å². The summed E-state index contributed by atoms with van der Waals surface area (Å²) in [5, 5.41) is 11.5. The van der Waals surface area contributed by atoms with Crippen LogP contribution in [0.4, 0.5) is 4.39 Å². The standard InChI is InChI=1S/C16H17FN2O6S/c1-26(23,24)18-9-12-6-7-14(25-12)16(22)19-13(8-15(20)21)10-2-4-11(17)5-3-10/h2-7,13,18H,8-9H2,1H3,(H,19,22)(H,20,21). The number of hydrogen-bond acceptors (Lipinski definition) is 5. The lowest BCUT2D eigenvalue weighted by Gasteiger charge is -2.16. The zero-order chi connectivity index (χ0) is 19.3. The highest BCUT2D eigenvalue weighted by atomic mass is 32.2. The van der Waals surface area contributed by atoms with Crippen LogP contribution in [0.25, 0.3) is 0 Å². The van der Waals surface area contributed by atoms with Crippen molar-refractivity contribution in [2.45, 2.75) is 19.0 Å². The average Bonchev–Trinajstić information content (AvgIpc) is 3.01. The molecule has 3 N–H and O–H groups in total. The van der Waals surface area contributed by atoms with Crippen LogP contribution < -0.4 is 10.0 Å². The zero-order valence-corrected chi connectivity index (χ0v) is 14.5. The number of sulfonamides is 1. The number of nitrogens with one attached hydrogen (secondary N) is 2. The number of carbonyl (C=O) groups excluding carboxylic acids is 1. The van der Waals surface area contributed by atoms with Gasteiger partial charge in [-0.2, -0.15) is 0 Å². The van der Waals surface area contributed by atoms with Crippen LogP contribution in [0.1, 0.15) is 34.3 Å². The minimum atomic E-state index is -3.41. The molecule has 0 aliphatic rings. The lowest BCUT2D eigenvalue weighted by atomic mass is 10.0. The summed E-state index contributed by atoms with van der Waals surface area (Å²) in [5.74, 6) is -2.18. The van der Waals surface area contributed by atoms with Crippen molar-refractivity contribution in [2.24, 2.45) is 0 Å². The molecule has 0 saturated carbocycles. The van der Waals surface area contributed by atoms with E-state index in [4.69, 9.17) is 9.52 Å². The number of carboxylic acids is 1. The molecule has 2 aromatic rings. The minimum absolute atomic E-state index is 0.104. The SMILES string of the molecule is CS(=O)(=O)NCc1ccc(C(=O)NC(CC(=O)O)c2ccc(F)cc2)o1. The fourth-order valence-electron chi connectivity index (χ4n) is 2.15. The van der Waals surface area contributed by atoms with Crippen molar-refractivity contribution in [3.63, 3.8) is 0 Å². The van der Waals surface area contributed by atoms with E-state index in [1.54, 1.807) is 0 Å². The first kappa shape index (κ1) is 19.6. The molecule has 2 rings (SSSR count). The Morgan fingerprint density at radius 3 is 2.42 bits per heavy atom. The number of halogens is 1. The predicted molar refractivity (Wildman–Crippen MR) is 89.3 cm³/mol. The second-order valence-electron chi connectivity index (χ2n) is 5.53. The molecule has 0 fully saturated rings. The van der Waals surface area contributed by atoms with Crippen molar-refractivity contribution in [3.05, 3.63) is 59.3 Å². The van der Waals surface area contributed by atoms with Gasteiger partial charge in [-0.05, 0) is 29.8 Å². The van der Waals surface area contributed by atoms with Crippen LogP contribution in [0.2, 0.25) is 0 Å². The van der Waals surface area contributed by atoms with E-state index >= 15 is 0 Å². The summed E-state index contributed by atoms with van der Waals surface area (Å²) in [4.78, 5) is 23.3. The molecule has 0 saturated heterocycles. The number of carboxylic acid groups (broad SMARTS) is 1. The molecule has 0 radical (unpaired) electrons. The number of furan rings is 1. The molecule has 0 aliphatic carbocycles. The second-order valence-corrected chi connectivity index (χ2v) is 7.37. The van der Waals surface area contributed by atoms with Crippen LogP contribution in [0, 0.1) is 5.82 Å². The van der Waals surface area contributed by atoms with E-state index in [1.165, 1.54) is 24.3 Å². The number of aliphatic carboxylic acids is 1. The smallest absolute Gasteiger partial charge is 0.305 e. The van der Waals surface area contributed by atoms with E-state index in [-0.39, 0.29) is 18.1 Å². The van der Waals surface area contributed by atoms with Gasteiger partial charge >= 0.3 is 5.97 Å². The third-order valence-corrected chi connectivity index (χ3v) is 4.02.